The van der Waals surface area contributed by atoms with Crippen LogP contribution in [0.2, 0.25) is 0 Å². The second-order valence-electron chi connectivity index (χ2n) is 8.81. The summed E-state index contributed by atoms with van der Waals surface area (Å²) in [4.78, 5) is 9.58. The number of hydrogen-bond donors (Lipinski definition) is 0. The van der Waals surface area contributed by atoms with Crippen molar-refractivity contribution in [3.05, 3.63) is 41.7 Å². The summed E-state index contributed by atoms with van der Waals surface area (Å²) >= 11 is 0. The number of aryl methyl sites for hydroxylation is 1. The first-order chi connectivity index (χ1) is 14.2. The highest BCUT2D eigenvalue weighted by atomic mass is 16.5. The highest BCUT2D eigenvalue weighted by molar-refractivity contribution is 5.56. The molecule has 0 aliphatic heterocycles. The van der Waals surface area contributed by atoms with E-state index in [1.54, 1.807) is 0 Å². The minimum Gasteiger partial charge on any atom is -0.494 e. The molecule has 2 atom stereocenters. The topological polar surface area (TPSA) is 35.0 Å². The third kappa shape index (κ3) is 6.55. The number of unbranched alkanes of at least 4 members (excludes halogenated alkanes) is 4. The normalized spacial score (nSPS) is 17.0. The second kappa shape index (κ2) is 11.3. The van der Waals surface area contributed by atoms with Crippen LogP contribution in [-0.2, 0) is 12.8 Å². The first-order valence-electron chi connectivity index (χ1n) is 11.8. The Labute approximate surface area is 177 Å². The molecule has 3 heteroatoms. The van der Waals surface area contributed by atoms with Crippen LogP contribution in [0.4, 0.5) is 0 Å². The Hall–Kier alpha value is -1.90. The average Bonchev–Trinajstić information content (AvgIpc) is 2.76. The highest BCUT2D eigenvalue weighted by Crippen LogP contribution is 2.30. The summed E-state index contributed by atoms with van der Waals surface area (Å²) in [6.07, 6.45) is 14.5. The maximum absolute atomic E-state index is 5.88. The first-order valence-corrected chi connectivity index (χ1v) is 11.8. The Morgan fingerprint density at radius 3 is 2.62 bits per heavy atom. The zero-order valence-electron chi connectivity index (χ0n) is 18.6. The Bertz CT molecular complexity index is 741. The van der Waals surface area contributed by atoms with E-state index in [0.717, 1.165) is 54.8 Å². The standard InChI is InChI=1S/C26H38N2O/c1-4-6-7-8-9-16-29-24-13-11-22(12-14-24)26-27-19-23-18-21(17-20(3)5-2)10-15-25(23)28-26/h11-14,19-21H,4-10,15-18H2,1-3H3. The Balaban J connectivity index is 1.54. The van der Waals surface area contributed by atoms with Gasteiger partial charge in [-0.3, -0.25) is 0 Å². The quantitative estimate of drug-likeness (QED) is 0.384. The molecule has 0 N–H and O–H groups in total. The van der Waals surface area contributed by atoms with Crippen LogP contribution < -0.4 is 4.74 Å². The van der Waals surface area contributed by atoms with Gasteiger partial charge in [0, 0.05) is 17.5 Å². The zero-order valence-corrected chi connectivity index (χ0v) is 18.6. The van der Waals surface area contributed by atoms with Crippen LogP contribution in [0.3, 0.4) is 0 Å². The van der Waals surface area contributed by atoms with Crippen molar-refractivity contribution >= 4 is 0 Å². The van der Waals surface area contributed by atoms with Crippen LogP contribution in [0.15, 0.2) is 30.5 Å². The van der Waals surface area contributed by atoms with Gasteiger partial charge in [0.15, 0.2) is 5.82 Å². The molecule has 3 rings (SSSR count). The van der Waals surface area contributed by atoms with Crippen molar-refractivity contribution in [1.29, 1.82) is 0 Å². The predicted octanol–water partition coefficient (Wildman–Crippen LogP) is 7.03. The lowest BCUT2D eigenvalue weighted by atomic mass is 9.81. The molecule has 2 unspecified atom stereocenters. The third-order valence-corrected chi connectivity index (χ3v) is 6.31. The number of rotatable bonds is 11. The smallest absolute Gasteiger partial charge is 0.159 e. The molecule has 0 saturated heterocycles. The van der Waals surface area contributed by atoms with Crippen molar-refractivity contribution < 1.29 is 4.74 Å². The number of nitrogens with zero attached hydrogens (tertiary/aromatic N) is 2. The fourth-order valence-corrected chi connectivity index (χ4v) is 4.25. The Morgan fingerprint density at radius 2 is 1.86 bits per heavy atom. The van der Waals surface area contributed by atoms with Crippen molar-refractivity contribution in [2.75, 3.05) is 6.61 Å². The molecule has 0 spiro atoms. The molecular weight excluding hydrogens is 356 g/mol. The largest absolute Gasteiger partial charge is 0.494 e. The van der Waals surface area contributed by atoms with Crippen molar-refractivity contribution in [2.45, 2.75) is 85.0 Å². The van der Waals surface area contributed by atoms with Crippen LogP contribution in [0.5, 0.6) is 5.75 Å². The van der Waals surface area contributed by atoms with Gasteiger partial charge in [-0.15, -0.1) is 0 Å². The van der Waals surface area contributed by atoms with Gasteiger partial charge < -0.3 is 4.74 Å². The van der Waals surface area contributed by atoms with Gasteiger partial charge in [0.05, 0.1) is 6.61 Å². The van der Waals surface area contributed by atoms with Gasteiger partial charge in [-0.05, 0) is 73.8 Å². The maximum Gasteiger partial charge on any atom is 0.159 e. The molecular formula is C26H38N2O. The summed E-state index contributed by atoms with van der Waals surface area (Å²) in [5, 5.41) is 0. The van der Waals surface area contributed by atoms with E-state index in [0.29, 0.717) is 0 Å². The molecule has 0 amide bonds. The van der Waals surface area contributed by atoms with Crippen molar-refractivity contribution in [3.63, 3.8) is 0 Å². The van der Waals surface area contributed by atoms with E-state index in [4.69, 9.17) is 9.72 Å². The maximum atomic E-state index is 5.88. The summed E-state index contributed by atoms with van der Waals surface area (Å²) in [7, 11) is 0. The molecule has 29 heavy (non-hydrogen) atoms. The number of benzene rings is 1. The Morgan fingerprint density at radius 1 is 1.07 bits per heavy atom. The highest BCUT2D eigenvalue weighted by Gasteiger charge is 2.22. The fraction of sp³-hybridized carbons (Fsp3) is 0.615. The van der Waals surface area contributed by atoms with Crippen molar-refractivity contribution in [2.24, 2.45) is 11.8 Å². The van der Waals surface area contributed by atoms with Gasteiger partial charge in [-0.25, -0.2) is 9.97 Å². The minimum atomic E-state index is 0.797. The molecule has 0 saturated carbocycles. The fourth-order valence-electron chi connectivity index (χ4n) is 4.25. The van der Waals surface area contributed by atoms with Crippen LogP contribution >= 0.6 is 0 Å². The Kier molecular flexibility index (Phi) is 8.52. The van der Waals surface area contributed by atoms with Crippen molar-refractivity contribution in [1.82, 2.24) is 9.97 Å². The minimum absolute atomic E-state index is 0.797. The molecule has 1 aliphatic rings. The summed E-state index contributed by atoms with van der Waals surface area (Å²) in [6.45, 7) is 7.71. The lowest BCUT2D eigenvalue weighted by Gasteiger charge is -2.26. The number of hydrogen-bond acceptors (Lipinski definition) is 3. The van der Waals surface area contributed by atoms with Crippen LogP contribution in [0.25, 0.3) is 11.4 Å². The number of ether oxygens (including phenoxy) is 1. The van der Waals surface area contributed by atoms with Gasteiger partial charge in [-0.2, -0.15) is 0 Å². The second-order valence-corrected chi connectivity index (χ2v) is 8.81. The van der Waals surface area contributed by atoms with E-state index in [9.17, 15) is 0 Å². The molecule has 0 fully saturated rings. The molecule has 0 bridgehead atoms. The van der Waals surface area contributed by atoms with E-state index >= 15 is 0 Å². The first kappa shape index (κ1) is 21.8. The van der Waals surface area contributed by atoms with Gasteiger partial charge >= 0.3 is 0 Å². The van der Waals surface area contributed by atoms with Gasteiger partial charge in [-0.1, -0.05) is 52.9 Å². The van der Waals surface area contributed by atoms with Crippen molar-refractivity contribution in [3.8, 4) is 17.1 Å². The molecule has 3 nitrogen and oxygen atoms in total. The molecule has 1 aromatic heterocycles. The number of fused-ring (bicyclic) bond motifs is 1. The number of aromatic nitrogens is 2. The lowest BCUT2D eigenvalue weighted by molar-refractivity contribution is 0.304. The molecule has 1 aliphatic carbocycles. The molecule has 1 heterocycles. The van der Waals surface area contributed by atoms with Gasteiger partial charge in [0.2, 0.25) is 0 Å². The average molecular weight is 395 g/mol. The van der Waals surface area contributed by atoms with Crippen LogP contribution in [0, 0.1) is 11.8 Å². The lowest BCUT2D eigenvalue weighted by Crippen LogP contribution is -2.18. The summed E-state index contributed by atoms with van der Waals surface area (Å²) in [5.41, 5.74) is 3.68. The van der Waals surface area contributed by atoms with Gasteiger partial charge in [0.25, 0.3) is 0 Å². The van der Waals surface area contributed by atoms with Gasteiger partial charge in [0.1, 0.15) is 5.75 Å². The van der Waals surface area contributed by atoms with E-state index in [1.165, 1.54) is 56.2 Å². The molecule has 2 aromatic rings. The van der Waals surface area contributed by atoms with E-state index in [-0.39, 0.29) is 0 Å². The SMILES string of the molecule is CCCCCCCOc1ccc(-c2ncc3c(n2)CCC(CC(C)CC)C3)cc1. The molecule has 0 radical (unpaired) electrons. The molecule has 158 valence electrons. The van der Waals surface area contributed by atoms with Crippen LogP contribution in [0.1, 0.15) is 83.4 Å². The predicted molar refractivity (Wildman–Crippen MR) is 121 cm³/mol. The monoisotopic (exact) mass is 394 g/mol. The van der Waals surface area contributed by atoms with E-state index in [1.807, 2.05) is 12.1 Å². The summed E-state index contributed by atoms with van der Waals surface area (Å²) < 4.78 is 5.88. The van der Waals surface area contributed by atoms with E-state index < -0.39 is 0 Å². The molecule has 1 aromatic carbocycles. The zero-order chi connectivity index (χ0) is 20.5. The van der Waals surface area contributed by atoms with Crippen LogP contribution in [-0.4, -0.2) is 16.6 Å². The van der Waals surface area contributed by atoms with E-state index in [2.05, 4.69) is 44.1 Å². The summed E-state index contributed by atoms with van der Waals surface area (Å²) in [6, 6.07) is 8.27. The third-order valence-electron chi connectivity index (χ3n) is 6.31. The summed E-state index contributed by atoms with van der Waals surface area (Å²) in [5.74, 6) is 3.40.